The average molecular weight is 306 g/mol. The maximum absolute atomic E-state index is 10.5. The number of unbranched alkanes of at least 4 members (excludes halogenated alkanes) is 6. The van der Waals surface area contributed by atoms with Crippen molar-refractivity contribution in [1.29, 1.82) is 0 Å². The molecule has 0 spiro atoms. The number of benzene rings is 1. The first-order valence-corrected chi connectivity index (χ1v) is 8.82. The monoisotopic (exact) mass is 306 g/mol. The van der Waals surface area contributed by atoms with Crippen molar-refractivity contribution in [1.82, 2.24) is 0 Å². The van der Waals surface area contributed by atoms with Gasteiger partial charge in [-0.15, -0.1) is 0 Å². The van der Waals surface area contributed by atoms with Gasteiger partial charge in [-0.25, -0.2) is 0 Å². The van der Waals surface area contributed by atoms with Crippen LogP contribution in [0.15, 0.2) is 30.3 Å². The number of aliphatic hydroxyl groups is 1. The molecule has 0 aliphatic carbocycles. The molecular formula is C19H30O3. The molecule has 3 nitrogen and oxygen atoms in total. The van der Waals surface area contributed by atoms with Crippen molar-refractivity contribution < 1.29 is 14.6 Å². The summed E-state index contributed by atoms with van der Waals surface area (Å²) in [7, 11) is 0. The molecule has 0 aromatic heterocycles. The first kappa shape index (κ1) is 17.3. The van der Waals surface area contributed by atoms with Gasteiger partial charge in [-0.05, 0) is 25.0 Å². The van der Waals surface area contributed by atoms with Crippen LogP contribution in [0.4, 0.5) is 0 Å². The molecule has 0 bridgehead atoms. The van der Waals surface area contributed by atoms with Crippen LogP contribution in [0.3, 0.4) is 0 Å². The largest absolute Gasteiger partial charge is 0.485 e. The van der Waals surface area contributed by atoms with Gasteiger partial charge in [0.25, 0.3) is 0 Å². The summed E-state index contributed by atoms with van der Waals surface area (Å²) >= 11 is 0. The quantitative estimate of drug-likeness (QED) is 0.603. The third-order valence-electron chi connectivity index (χ3n) is 4.41. The number of hydrogen-bond donors (Lipinski definition) is 1. The SMILES string of the molecule is CCCCCCCCCC(Oc1ccccc1)C1(O)CCO1. The summed E-state index contributed by atoms with van der Waals surface area (Å²) in [5.74, 6) is -0.280. The molecule has 2 atom stereocenters. The molecule has 2 rings (SSSR count). The molecule has 0 saturated carbocycles. The lowest BCUT2D eigenvalue weighted by Crippen LogP contribution is -2.55. The summed E-state index contributed by atoms with van der Waals surface area (Å²) in [6.07, 6.45) is 10.1. The van der Waals surface area contributed by atoms with Crippen LogP contribution < -0.4 is 4.74 Å². The van der Waals surface area contributed by atoms with E-state index in [0.29, 0.717) is 13.0 Å². The molecule has 1 aliphatic rings. The van der Waals surface area contributed by atoms with Crippen molar-refractivity contribution in [2.75, 3.05) is 6.61 Å². The van der Waals surface area contributed by atoms with Gasteiger partial charge in [-0.2, -0.15) is 0 Å². The number of para-hydroxylation sites is 1. The molecule has 1 aliphatic heterocycles. The molecule has 0 radical (unpaired) electrons. The molecule has 3 heteroatoms. The summed E-state index contributed by atoms with van der Waals surface area (Å²) in [4.78, 5) is 0. The number of rotatable bonds is 11. The summed E-state index contributed by atoms with van der Waals surface area (Å²) in [6, 6.07) is 9.73. The lowest BCUT2D eigenvalue weighted by Gasteiger charge is -2.42. The second kappa shape index (κ2) is 9.16. The third-order valence-corrected chi connectivity index (χ3v) is 4.41. The number of hydrogen-bond acceptors (Lipinski definition) is 3. The fourth-order valence-corrected chi connectivity index (χ4v) is 2.89. The molecular weight excluding hydrogens is 276 g/mol. The van der Waals surface area contributed by atoms with Crippen molar-refractivity contribution in [3.8, 4) is 5.75 Å². The number of ether oxygens (including phenoxy) is 2. The van der Waals surface area contributed by atoms with Crippen LogP contribution in [-0.2, 0) is 4.74 Å². The Labute approximate surface area is 134 Å². The predicted octanol–water partition coefficient (Wildman–Crippen LogP) is 4.68. The fraction of sp³-hybridized carbons (Fsp3) is 0.684. The highest BCUT2D eigenvalue weighted by atomic mass is 16.7. The Bertz CT molecular complexity index is 400. The van der Waals surface area contributed by atoms with Crippen molar-refractivity contribution in [2.24, 2.45) is 0 Å². The zero-order valence-electron chi connectivity index (χ0n) is 13.8. The van der Waals surface area contributed by atoms with Crippen LogP contribution >= 0.6 is 0 Å². The molecule has 22 heavy (non-hydrogen) atoms. The average Bonchev–Trinajstić information content (AvgIpc) is 2.51. The van der Waals surface area contributed by atoms with Crippen LogP contribution in [0, 0.1) is 0 Å². The maximum Gasteiger partial charge on any atom is 0.205 e. The summed E-state index contributed by atoms with van der Waals surface area (Å²) in [5, 5.41) is 10.5. The van der Waals surface area contributed by atoms with E-state index in [1.807, 2.05) is 30.3 Å². The van der Waals surface area contributed by atoms with Crippen LogP contribution in [0.5, 0.6) is 5.75 Å². The Morgan fingerprint density at radius 1 is 1.09 bits per heavy atom. The first-order valence-electron chi connectivity index (χ1n) is 8.82. The minimum atomic E-state index is -1.09. The van der Waals surface area contributed by atoms with E-state index < -0.39 is 5.79 Å². The second-order valence-corrected chi connectivity index (χ2v) is 6.27. The van der Waals surface area contributed by atoms with E-state index in [-0.39, 0.29) is 6.10 Å². The van der Waals surface area contributed by atoms with E-state index in [2.05, 4.69) is 6.92 Å². The van der Waals surface area contributed by atoms with Crippen LogP contribution in [0.1, 0.15) is 64.7 Å². The molecule has 0 amide bonds. The summed E-state index contributed by atoms with van der Waals surface area (Å²) in [5.41, 5.74) is 0. The van der Waals surface area contributed by atoms with E-state index in [0.717, 1.165) is 18.6 Å². The van der Waals surface area contributed by atoms with Gasteiger partial charge in [0, 0.05) is 6.42 Å². The van der Waals surface area contributed by atoms with Crippen molar-refractivity contribution in [3.05, 3.63) is 30.3 Å². The predicted molar refractivity (Wildman–Crippen MR) is 89.0 cm³/mol. The van der Waals surface area contributed by atoms with Crippen molar-refractivity contribution >= 4 is 0 Å². The van der Waals surface area contributed by atoms with Crippen molar-refractivity contribution in [3.63, 3.8) is 0 Å². The second-order valence-electron chi connectivity index (χ2n) is 6.27. The maximum atomic E-state index is 10.5. The topological polar surface area (TPSA) is 38.7 Å². The third kappa shape index (κ3) is 5.29. The van der Waals surface area contributed by atoms with E-state index in [1.165, 1.54) is 38.5 Å². The molecule has 1 N–H and O–H groups in total. The van der Waals surface area contributed by atoms with Gasteiger partial charge in [0.05, 0.1) is 6.61 Å². The molecule has 2 unspecified atom stereocenters. The summed E-state index contributed by atoms with van der Waals surface area (Å²) < 4.78 is 11.4. The van der Waals surface area contributed by atoms with E-state index >= 15 is 0 Å². The van der Waals surface area contributed by atoms with Gasteiger partial charge in [0.2, 0.25) is 5.79 Å². The highest BCUT2D eigenvalue weighted by molar-refractivity contribution is 5.21. The zero-order chi connectivity index (χ0) is 15.7. The van der Waals surface area contributed by atoms with E-state index in [1.54, 1.807) is 0 Å². The molecule has 1 saturated heterocycles. The molecule has 1 aromatic rings. The minimum absolute atomic E-state index is 0.265. The molecule has 1 heterocycles. The van der Waals surface area contributed by atoms with Crippen LogP contribution in [0.25, 0.3) is 0 Å². The Morgan fingerprint density at radius 3 is 2.32 bits per heavy atom. The highest BCUT2D eigenvalue weighted by Crippen LogP contribution is 2.32. The molecule has 1 fully saturated rings. The normalized spacial score (nSPS) is 22.1. The first-order chi connectivity index (χ1) is 10.7. The van der Waals surface area contributed by atoms with Crippen LogP contribution in [-0.4, -0.2) is 23.6 Å². The smallest absolute Gasteiger partial charge is 0.205 e. The lowest BCUT2D eigenvalue weighted by molar-refractivity contribution is -0.319. The van der Waals surface area contributed by atoms with Gasteiger partial charge in [0.1, 0.15) is 5.75 Å². The Kier molecular flexibility index (Phi) is 7.20. The fourth-order valence-electron chi connectivity index (χ4n) is 2.89. The van der Waals surface area contributed by atoms with Gasteiger partial charge < -0.3 is 14.6 Å². The molecule has 1 aromatic carbocycles. The van der Waals surface area contributed by atoms with Gasteiger partial charge >= 0.3 is 0 Å². The van der Waals surface area contributed by atoms with Crippen LogP contribution in [0.2, 0.25) is 0 Å². The molecule has 124 valence electrons. The minimum Gasteiger partial charge on any atom is -0.485 e. The summed E-state index contributed by atoms with van der Waals surface area (Å²) in [6.45, 7) is 2.87. The Balaban J connectivity index is 1.74. The van der Waals surface area contributed by atoms with Gasteiger partial charge in [0.15, 0.2) is 6.10 Å². The van der Waals surface area contributed by atoms with Gasteiger partial charge in [-0.1, -0.05) is 63.6 Å². The van der Waals surface area contributed by atoms with E-state index in [9.17, 15) is 5.11 Å². The Hall–Kier alpha value is -1.06. The highest BCUT2D eigenvalue weighted by Gasteiger charge is 2.45. The Morgan fingerprint density at radius 2 is 1.73 bits per heavy atom. The van der Waals surface area contributed by atoms with Gasteiger partial charge in [-0.3, -0.25) is 0 Å². The van der Waals surface area contributed by atoms with Crippen molar-refractivity contribution in [2.45, 2.75) is 76.6 Å². The lowest BCUT2D eigenvalue weighted by atomic mass is 9.96. The standard InChI is InChI=1S/C19H30O3/c1-2-3-4-5-6-7-11-14-18(19(20)15-16-21-19)22-17-12-9-8-10-13-17/h8-10,12-13,18,20H,2-7,11,14-16H2,1H3. The van der Waals surface area contributed by atoms with E-state index in [4.69, 9.17) is 9.47 Å². The zero-order valence-corrected chi connectivity index (χ0v) is 13.8.